The van der Waals surface area contributed by atoms with Gasteiger partial charge in [-0.3, -0.25) is 0 Å². The minimum absolute atomic E-state index is 0.671. The van der Waals surface area contributed by atoms with E-state index in [1.807, 2.05) is 0 Å². The molecule has 0 bridgehead atoms. The molecular weight excluding hydrogens is 263 g/mol. The molecule has 1 rings (SSSR count). The second-order valence-corrected chi connectivity index (χ2v) is 3.78. The van der Waals surface area contributed by atoms with Crippen molar-refractivity contribution in [2.24, 2.45) is 0 Å². The summed E-state index contributed by atoms with van der Waals surface area (Å²) in [4.78, 5) is 28.4. The third-order valence-corrected chi connectivity index (χ3v) is 1.48. The lowest BCUT2D eigenvalue weighted by atomic mass is 10.2. The highest BCUT2D eigenvalue weighted by Gasteiger charge is 2.38. The fraction of sp³-hybridized carbons (Fsp3) is 0.500. The van der Waals surface area contributed by atoms with E-state index in [-0.39, 0.29) is 0 Å². The molecule has 17 heavy (non-hydrogen) atoms. The molecule has 0 unspecified atom stereocenters. The van der Waals surface area contributed by atoms with E-state index in [9.17, 15) is 9.36 Å². The van der Waals surface area contributed by atoms with Crippen LogP contribution in [0.3, 0.4) is 0 Å². The summed E-state index contributed by atoms with van der Waals surface area (Å²) in [5.74, 6) is -2.78. The topological polar surface area (TPSA) is 185 Å². The van der Waals surface area contributed by atoms with E-state index in [0.717, 1.165) is 0 Å². The first-order valence-electron chi connectivity index (χ1n) is 4.37. The molecule has 0 saturated heterocycles. The first kappa shape index (κ1) is 13.9. The largest absolute Gasteiger partial charge is 0.505 e. The number of carbonyl (C=O) groups is 1. The molecule has 100 valence electrons. The Bertz CT molecular complexity index is 375. The average molecular weight is 275 g/mol. The normalized spacial score (nSPS) is 22.5. The third-order valence-electron chi connectivity index (χ3n) is 1.48. The molecule has 7 N–H and O–H groups in total. The Morgan fingerprint density at radius 3 is 2.18 bits per heavy atom. The molecule has 0 aromatic carbocycles. The van der Waals surface area contributed by atoms with Crippen molar-refractivity contribution in [3.63, 3.8) is 0 Å². The molecule has 0 radical (unpaired) electrons. The Labute approximate surface area is 95.8 Å². The van der Waals surface area contributed by atoms with E-state index in [1.54, 1.807) is 0 Å². The molecule has 1 aliphatic heterocycles. The zero-order valence-electron chi connectivity index (χ0n) is 9.13. The minimum Gasteiger partial charge on any atom is -0.505 e. The van der Waals surface area contributed by atoms with Gasteiger partial charge in [0.1, 0.15) is 6.10 Å². The number of rotatable bonds is 3. The maximum absolute atomic E-state index is 10.5. The second-order valence-electron chi connectivity index (χ2n) is 2.80. The van der Waals surface area contributed by atoms with E-state index < -0.39 is 44.1 Å². The zero-order chi connectivity index (χ0) is 14.5. The number of hydrogen-bond donors (Lipinski definition) is 7. The number of carbonyl (C=O) groups excluding carboxylic acids is 1. The summed E-state index contributed by atoms with van der Waals surface area (Å²) < 4.78 is 19.2. The number of phosphoric acid groups is 1. The van der Waals surface area contributed by atoms with Crippen molar-refractivity contribution in [1.82, 2.24) is 0 Å². The van der Waals surface area contributed by atoms with Gasteiger partial charge < -0.3 is 39.8 Å². The van der Waals surface area contributed by atoms with Crippen LogP contribution in [0.1, 0.15) is 0 Å². The van der Waals surface area contributed by atoms with Crippen LogP contribution in [0.25, 0.3) is 0 Å². The van der Waals surface area contributed by atoms with Gasteiger partial charge in [-0.1, -0.05) is 0 Å². The third kappa shape index (κ3) is 5.63. The number of cyclic esters (lactones) is 1. The summed E-state index contributed by atoms with van der Waals surface area (Å²) in [5.41, 5.74) is 0. The highest BCUT2D eigenvalue weighted by molar-refractivity contribution is 7.45. The minimum atomic E-state index is -4.48. The van der Waals surface area contributed by atoms with Gasteiger partial charge in [0.25, 0.3) is 0 Å². The maximum Gasteiger partial charge on any atom is 0.466 e. The Hall–Kier alpha value is -1.16. The molecule has 0 fully saturated rings. The maximum atomic E-state index is 10.5. The zero-order valence-corrected chi connectivity index (χ0v) is 9.02. The summed E-state index contributed by atoms with van der Waals surface area (Å²) in [6.45, 7) is -0.671. The van der Waals surface area contributed by atoms with Crippen molar-refractivity contribution in [2.45, 2.75) is 12.2 Å². The lowest BCUT2D eigenvalue weighted by molar-refractivity contribution is -0.147. The standard InChI is InChI=1S/C6H8O6.H3O4P/c7-1-2(8)5-3(9)4(10)6(11)12-5;1-5(2,3)4/h2,5,7-10H,1H2;(H3,1,2,3,4)/t2-,5+;/m0./s1/i/hD. The number of hydrogen-bond acceptors (Lipinski definition) is 8. The molecule has 2 atom stereocenters. The Morgan fingerprint density at radius 2 is 1.94 bits per heavy atom. The number of aliphatic hydroxyl groups excluding tert-OH is 4. The van der Waals surface area contributed by atoms with Crippen molar-refractivity contribution >= 4 is 13.8 Å². The quantitative estimate of drug-likeness (QED) is 0.217. The molecule has 0 aromatic rings. The van der Waals surface area contributed by atoms with Gasteiger partial charge in [-0.2, -0.15) is 0 Å². The van der Waals surface area contributed by atoms with Crippen molar-refractivity contribution in [2.75, 3.05) is 6.61 Å². The van der Waals surface area contributed by atoms with Crippen LogP contribution in [-0.2, 0) is 14.1 Å². The van der Waals surface area contributed by atoms with Crippen molar-refractivity contribution in [3.05, 3.63) is 11.5 Å². The fourth-order valence-electron chi connectivity index (χ4n) is 0.823. The average Bonchev–Trinajstić information content (AvgIpc) is 2.56. The number of esters is 1. The molecule has 0 saturated carbocycles. The van der Waals surface area contributed by atoms with Crippen LogP contribution >= 0.6 is 7.82 Å². The molecule has 11 heteroatoms. The van der Waals surface area contributed by atoms with E-state index in [2.05, 4.69) is 9.63 Å². The van der Waals surface area contributed by atoms with Crippen LogP contribution in [0.2, 0.25) is 0 Å². The second kappa shape index (κ2) is 5.96. The van der Waals surface area contributed by atoms with Crippen molar-refractivity contribution < 1.29 is 49.2 Å². The lowest BCUT2D eigenvalue weighted by Crippen LogP contribution is -2.31. The number of aliphatic hydroxyl groups is 4. The summed E-state index contributed by atoms with van der Waals surface area (Å²) in [5, 5.41) is 35.0. The van der Waals surface area contributed by atoms with Gasteiger partial charge in [-0.25, -0.2) is 9.36 Å². The molecule has 0 aromatic heterocycles. The van der Waals surface area contributed by atoms with E-state index in [0.29, 0.717) is 0 Å². The fourth-order valence-corrected chi connectivity index (χ4v) is 0.823. The summed E-state index contributed by atoms with van der Waals surface area (Å²) in [6, 6.07) is 0. The van der Waals surface area contributed by atoms with Crippen LogP contribution < -0.4 is 0 Å². The first-order valence-corrected chi connectivity index (χ1v) is 5.49. The van der Waals surface area contributed by atoms with Crippen LogP contribution in [-0.4, -0.2) is 61.3 Å². The summed E-state index contributed by atoms with van der Waals surface area (Å²) in [6.07, 6.45) is -2.78. The van der Waals surface area contributed by atoms with Crippen LogP contribution in [0.5, 0.6) is 0 Å². The van der Waals surface area contributed by atoms with Gasteiger partial charge >= 0.3 is 13.8 Å². The Morgan fingerprint density at radius 1 is 1.47 bits per heavy atom. The highest BCUT2D eigenvalue weighted by atomic mass is 31.2. The SMILES string of the molecule is O=C1O[C@H]([C@@H](O)CO)C(O)=C1O.[2H]OP(=O)(O)O. The molecule has 0 aliphatic carbocycles. The van der Waals surface area contributed by atoms with Crippen LogP contribution in [0.4, 0.5) is 0 Å². The lowest BCUT2D eigenvalue weighted by Gasteiger charge is -2.13. The molecule has 1 aliphatic rings. The van der Waals surface area contributed by atoms with Gasteiger partial charge in [0, 0.05) is 0 Å². The van der Waals surface area contributed by atoms with Crippen molar-refractivity contribution in [3.8, 4) is 0 Å². The van der Waals surface area contributed by atoms with E-state index >= 15 is 0 Å². The van der Waals surface area contributed by atoms with Crippen LogP contribution in [0, 0.1) is 0 Å². The number of ether oxygens (including phenoxy) is 1. The van der Waals surface area contributed by atoms with Gasteiger partial charge in [-0.05, 0) is 0 Å². The van der Waals surface area contributed by atoms with E-state index in [1.165, 1.54) is 0 Å². The Kier molecular flexibility index (Phi) is 4.87. The smallest absolute Gasteiger partial charge is 0.466 e. The monoisotopic (exact) mass is 275 g/mol. The summed E-state index contributed by atoms with van der Waals surface area (Å²) in [7, 11) is -4.48. The van der Waals surface area contributed by atoms with Crippen LogP contribution in [0.15, 0.2) is 11.5 Å². The molecule has 1 heterocycles. The van der Waals surface area contributed by atoms with E-state index in [4.69, 9.17) is 31.6 Å². The first-order chi connectivity index (χ1) is 8.14. The van der Waals surface area contributed by atoms with Gasteiger partial charge in [-0.15, -0.1) is 0 Å². The molecular formula is C6H11O10P. The molecule has 0 amide bonds. The predicted octanol–water partition coefficient (Wildman–Crippen LogP) is -2.34. The Balaban J connectivity index is 0.000000411. The molecule has 0 spiro atoms. The predicted molar refractivity (Wildman–Crippen MR) is 49.5 cm³/mol. The van der Waals surface area contributed by atoms with Crippen molar-refractivity contribution in [1.29, 1.82) is 1.43 Å². The highest BCUT2D eigenvalue weighted by Crippen LogP contribution is 2.25. The van der Waals surface area contributed by atoms with Gasteiger partial charge in [0.05, 0.1) is 6.61 Å². The molecule has 10 nitrogen and oxygen atoms in total. The van der Waals surface area contributed by atoms with Gasteiger partial charge in [0.15, 0.2) is 11.9 Å². The van der Waals surface area contributed by atoms with Gasteiger partial charge in [0.2, 0.25) is 7.19 Å². The summed E-state index contributed by atoms with van der Waals surface area (Å²) >= 11 is 0.